The molecule has 0 spiro atoms. The van der Waals surface area contributed by atoms with Gasteiger partial charge in [-0.1, -0.05) is 0 Å². The van der Waals surface area contributed by atoms with E-state index in [2.05, 4.69) is 5.32 Å². The summed E-state index contributed by atoms with van der Waals surface area (Å²) in [6.45, 7) is 4.62. The number of aryl methyl sites for hydroxylation is 1. The van der Waals surface area contributed by atoms with Gasteiger partial charge in [-0.15, -0.1) is 0 Å². The van der Waals surface area contributed by atoms with E-state index in [9.17, 15) is 4.79 Å². The van der Waals surface area contributed by atoms with E-state index in [4.69, 9.17) is 13.6 Å². The highest BCUT2D eigenvalue weighted by molar-refractivity contribution is 5.99. The topological polar surface area (TPSA) is 69.0 Å². The van der Waals surface area contributed by atoms with Gasteiger partial charge in [0.1, 0.15) is 11.3 Å². The lowest BCUT2D eigenvalue weighted by atomic mass is 10.1. The molecular weight excluding hydrogens is 356 g/mol. The molecule has 6 heteroatoms. The van der Waals surface area contributed by atoms with Crippen molar-refractivity contribution in [3.63, 3.8) is 0 Å². The third kappa shape index (κ3) is 3.64. The van der Waals surface area contributed by atoms with Crippen LogP contribution in [0.2, 0.25) is 0 Å². The summed E-state index contributed by atoms with van der Waals surface area (Å²) in [6.07, 6.45) is 5.41. The average Bonchev–Trinajstić information content (AvgIpc) is 3.37. The second-order valence-electron chi connectivity index (χ2n) is 7.42. The molecule has 0 saturated carbocycles. The summed E-state index contributed by atoms with van der Waals surface area (Å²) in [7, 11) is 1.63. The number of likely N-dealkylation sites (tertiary alicyclic amines) is 1. The first kappa shape index (κ1) is 18.6. The normalized spacial score (nSPS) is 16.2. The molecule has 2 aromatic heterocycles. The smallest absolute Gasteiger partial charge is 0.287 e. The maximum absolute atomic E-state index is 12.9. The zero-order valence-corrected chi connectivity index (χ0v) is 16.4. The predicted octanol–water partition coefficient (Wildman–Crippen LogP) is 2.88. The molecule has 1 atom stereocenters. The second-order valence-corrected chi connectivity index (χ2v) is 7.42. The fourth-order valence-electron chi connectivity index (χ4n) is 4.11. The molecule has 0 unspecified atom stereocenters. The summed E-state index contributed by atoms with van der Waals surface area (Å²) < 4.78 is 16.8. The lowest BCUT2D eigenvalue weighted by Crippen LogP contribution is -3.13. The molecule has 0 aliphatic carbocycles. The number of hydrogen-bond donors (Lipinski definition) is 2. The fraction of sp³-hybridized carbons (Fsp3) is 0.409. The van der Waals surface area contributed by atoms with Crippen LogP contribution in [0, 0.1) is 6.92 Å². The maximum Gasteiger partial charge on any atom is 0.287 e. The Hall–Kier alpha value is -2.73. The van der Waals surface area contributed by atoms with Crippen LogP contribution in [-0.2, 0) is 0 Å². The number of ether oxygens (including phenoxy) is 1. The van der Waals surface area contributed by atoms with Crippen molar-refractivity contribution in [2.45, 2.75) is 32.2 Å². The fourth-order valence-corrected chi connectivity index (χ4v) is 4.11. The Morgan fingerprint density at radius 2 is 2.07 bits per heavy atom. The van der Waals surface area contributed by atoms with Crippen LogP contribution in [0.25, 0.3) is 11.0 Å². The van der Waals surface area contributed by atoms with E-state index in [-0.39, 0.29) is 11.9 Å². The highest BCUT2D eigenvalue weighted by Crippen LogP contribution is 2.28. The number of carbonyl (C=O) groups is 1. The van der Waals surface area contributed by atoms with Gasteiger partial charge < -0.3 is 23.8 Å². The van der Waals surface area contributed by atoms with Crippen LogP contribution in [0.15, 0.2) is 45.4 Å². The Bertz CT molecular complexity index is 939. The molecule has 4 rings (SSSR count). The minimum Gasteiger partial charge on any atom is -0.497 e. The Balaban J connectivity index is 1.52. The van der Waals surface area contributed by atoms with Crippen LogP contribution >= 0.6 is 0 Å². The van der Waals surface area contributed by atoms with Gasteiger partial charge in [0.05, 0.1) is 33.0 Å². The third-order valence-electron chi connectivity index (χ3n) is 5.69. The molecule has 3 aromatic rings. The molecule has 6 nitrogen and oxygen atoms in total. The molecule has 2 N–H and O–H groups in total. The molecule has 0 radical (unpaired) electrons. The van der Waals surface area contributed by atoms with Crippen LogP contribution in [0.3, 0.4) is 0 Å². The Morgan fingerprint density at radius 3 is 2.79 bits per heavy atom. The molecule has 1 aliphatic rings. The van der Waals surface area contributed by atoms with Gasteiger partial charge in [-0.05, 0) is 56.5 Å². The van der Waals surface area contributed by atoms with Crippen LogP contribution in [0.5, 0.6) is 5.75 Å². The Kier molecular flexibility index (Phi) is 5.39. The summed E-state index contributed by atoms with van der Waals surface area (Å²) in [6, 6.07) is 9.58. The number of amides is 1. The number of carbonyl (C=O) groups excluding carboxylic acids is 1. The lowest BCUT2D eigenvalue weighted by Gasteiger charge is -2.30. The summed E-state index contributed by atoms with van der Waals surface area (Å²) in [4.78, 5) is 14.3. The minimum absolute atomic E-state index is 0.115. The van der Waals surface area contributed by atoms with Crippen LogP contribution in [-0.4, -0.2) is 32.7 Å². The van der Waals surface area contributed by atoms with Crippen molar-refractivity contribution in [3.05, 3.63) is 53.7 Å². The second kappa shape index (κ2) is 8.10. The largest absolute Gasteiger partial charge is 0.497 e. The van der Waals surface area contributed by atoms with E-state index in [0.29, 0.717) is 17.9 Å². The number of benzene rings is 1. The standard InChI is InChI=1S/C22H26N2O4/c1-15-17-13-16(26-2)8-9-19(17)28-21(15)22(25)23-14-18(20-7-6-12-27-20)24-10-4-3-5-11-24/h6-9,12-13,18H,3-5,10-11,14H2,1-2H3,(H,23,25)/p+1/t18-/m0/s1. The molecule has 1 saturated heterocycles. The van der Waals surface area contributed by atoms with E-state index in [1.165, 1.54) is 24.2 Å². The molecule has 28 heavy (non-hydrogen) atoms. The van der Waals surface area contributed by atoms with Crippen molar-refractivity contribution >= 4 is 16.9 Å². The van der Waals surface area contributed by atoms with E-state index in [1.807, 2.05) is 37.3 Å². The quantitative estimate of drug-likeness (QED) is 0.687. The van der Waals surface area contributed by atoms with Gasteiger partial charge in [0, 0.05) is 10.9 Å². The SMILES string of the molecule is COc1ccc2oc(C(=O)NC[C@@H](c3ccco3)[NH+]3CCCCC3)c(C)c2c1. The van der Waals surface area contributed by atoms with Gasteiger partial charge in [-0.3, -0.25) is 4.79 Å². The van der Waals surface area contributed by atoms with Crippen molar-refractivity contribution in [1.29, 1.82) is 0 Å². The molecule has 0 bridgehead atoms. The Labute approximate surface area is 164 Å². The maximum atomic E-state index is 12.9. The van der Waals surface area contributed by atoms with Crippen molar-refractivity contribution in [1.82, 2.24) is 5.32 Å². The molecule has 1 amide bonds. The monoisotopic (exact) mass is 383 g/mol. The first-order valence-corrected chi connectivity index (χ1v) is 9.90. The zero-order valence-electron chi connectivity index (χ0n) is 16.4. The van der Waals surface area contributed by atoms with E-state index in [1.54, 1.807) is 13.4 Å². The third-order valence-corrected chi connectivity index (χ3v) is 5.69. The van der Waals surface area contributed by atoms with Gasteiger partial charge in [-0.2, -0.15) is 0 Å². The minimum atomic E-state index is -0.194. The van der Waals surface area contributed by atoms with Gasteiger partial charge in [0.25, 0.3) is 5.91 Å². The first-order chi connectivity index (χ1) is 13.7. The number of methoxy groups -OCH3 is 1. The number of hydrogen-bond acceptors (Lipinski definition) is 4. The van der Waals surface area contributed by atoms with E-state index in [0.717, 1.165) is 35.5 Å². The number of furan rings is 2. The van der Waals surface area contributed by atoms with Crippen molar-refractivity contribution < 1.29 is 23.3 Å². The van der Waals surface area contributed by atoms with Gasteiger partial charge in [0.15, 0.2) is 17.6 Å². The Morgan fingerprint density at radius 1 is 1.25 bits per heavy atom. The highest BCUT2D eigenvalue weighted by Gasteiger charge is 2.29. The molecule has 3 heterocycles. The van der Waals surface area contributed by atoms with Gasteiger partial charge in [-0.25, -0.2) is 0 Å². The number of quaternary nitrogens is 1. The zero-order chi connectivity index (χ0) is 19.5. The lowest BCUT2D eigenvalue weighted by molar-refractivity contribution is -0.936. The summed E-state index contributed by atoms with van der Waals surface area (Å²) in [5, 5.41) is 3.97. The highest BCUT2D eigenvalue weighted by atomic mass is 16.5. The average molecular weight is 383 g/mol. The van der Waals surface area contributed by atoms with Crippen molar-refractivity contribution in [2.75, 3.05) is 26.7 Å². The summed E-state index contributed by atoms with van der Waals surface area (Å²) in [5.74, 6) is 1.83. The number of nitrogens with one attached hydrogen (secondary N) is 2. The van der Waals surface area contributed by atoms with E-state index < -0.39 is 0 Å². The molecule has 1 aromatic carbocycles. The number of fused-ring (bicyclic) bond motifs is 1. The van der Waals surface area contributed by atoms with Crippen LogP contribution in [0.4, 0.5) is 0 Å². The predicted molar refractivity (Wildman–Crippen MR) is 106 cm³/mol. The summed E-state index contributed by atoms with van der Waals surface area (Å²) in [5.41, 5.74) is 1.51. The molecular formula is C22H27N2O4+. The molecule has 148 valence electrons. The first-order valence-electron chi connectivity index (χ1n) is 9.90. The van der Waals surface area contributed by atoms with E-state index >= 15 is 0 Å². The van der Waals surface area contributed by atoms with Gasteiger partial charge in [0.2, 0.25) is 0 Å². The van der Waals surface area contributed by atoms with Crippen molar-refractivity contribution in [3.8, 4) is 5.75 Å². The van der Waals surface area contributed by atoms with Crippen LogP contribution in [0.1, 0.15) is 47.2 Å². The van der Waals surface area contributed by atoms with Crippen molar-refractivity contribution in [2.24, 2.45) is 0 Å². The summed E-state index contributed by atoms with van der Waals surface area (Å²) >= 11 is 0. The number of rotatable bonds is 6. The molecule has 1 fully saturated rings. The molecule has 1 aliphatic heterocycles. The van der Waals surface area contributed by atoms with Gasteiger partial charge >= 0.3 is 0 Å². The van der Waals surface area contributed by atoms with Crippen LogP contribution < -0.4 is 15.0 Å². The number of piperidine rings is 1.